The van der Waals surface area contributed by atoms with Crippen LogP contribution in [-0.2, 0) is 20.9 Å². The van der Waals surface area contributed by atoms with Gasteiger partial charge in [0, 0.05) is 29.5 Å². The largest absolute Gasteiger partial charge is 0.406 e. The number of rotatable bonds is 8. The lowest BCUT2D eigenvalue weighted by molar-refractivity contribution is -0.0311. The van der Waals surface area contributed by atoms with Gasteiger partial charge >= 0.3 is 6.72 Å². The molecule has 0 spiro atoms. The van der Waals surface area contributed by atoms with E-state index in [1.54, 1.807) is 26.8 Å². The minimum absolute atomic E-state index is 0.165. The zero-order chi connectivity index (χ0) is 17.8. The van der Waals surface area contributed by atoms with Crippen molar-refractivity contribution in [2.75, 3.05) is 6.61 Å². The molecule has 6 nitrogen and oxygen atoms in total. The van der Waals surface area contributed by atoms with Crippen LogP contribution in [0.5, 0.6) is 5.88 Å². The highest BCUT2D eigenvalue weighted by atomic mass is 32.5. The van der Waals surface area contributed by atoms with E-state index in [2.05, 4.69) is 9.97 Å². The highest BCUT2D eigenvalue weighted by molar-refractivity contribution is 8.07. The van der Waals surface area contributed by atoms with Gasteiger partial charge in [-0.3, -0.25) is 9.05 Å². The van der Waals surface area contributed by atoms with E-state index in [-0.39, 0.29) is 5.92 Å². The second-order valence-electron chi connectivity index (χ2n) is 6.22. The molecule has 2 atom stereocenters. The second kappa shape index (κ2) is 7.99. The summed E-state index contributed by atoms with van der Waals surface area (Å²) in [7, 11) is 0. The molecule has 8 heteroatoms. The van der Waals surface area contributed by atoms with Gasteiger partial charge in [-0.05, 0) is 34.6 Å². The Hall–Kier alpha value is -0.590. The molecule has 0 saturated carbocycles. The summed E-state index contributed by atoms with van der Waals surface area (Å²) in [5.74, 6) is 1.17. The molecule has 0 bridgehead atoms. The number of aryl methyl sites for hydroxylation is 1. The van der Waals surface area contributed by atoms with Gasteiger partial charge in [-0.2, -0.15) is 4.98 Å². The van der Waals surface area contributed by atoms with Gasteiger partial charge in [-0.15, -0.1) is 0 Å². The normalized spacial score (nSPS) is 16.2. The monoisotopic (exact) mass is 362 g/mol. The molecular formula is C15H27N2O4PS. The summed E-state index contributed by atoms with van der Waals surface area (Å²) in [5.41, 5.74) is -0.276. The van der Waals surface area contributed by atoms with E-state index >= 15 is 0 Å². The molecule has 0 fully saturated rings. The summed E-state index contributed by atoms with van der Waals surface area (Å²) >= 11 is 5.45. The minimum Gasteiger partial charge on any atom is -0.406 e. The summed E-state index contributed by atoms with van der Waals surface area (Å²) in [6, 6.07) is 1.70. The molecule has 1 heterocycles. The highest BCUT2D eigenvalue weighted by Crippen LogP contribution is 2.51. The Morgan fingerprint density at radius 1 is 1.30 bits per heavy atom. The topological polar surface area (TPSA) is 73.7 Å². The molecular weight excluding hydrogens is 335 g/mol. The number of aromatic nitrogens is 2. The first-order valence-electron chi connectivity index (χ1n) is 7.67. The van der Waals surface area contributed by atoms with Crippen molar-refractivity contribution in [2.24, 2.45) is 0 Å². The van der Waals surface area contributed by atoms with Crippen LogP contribution in [0.1, 0.15) is 59.0 Å². The fraction of sp³-hybridized carbons (Fsp3) is 0.733. The fourth-order valence-corrected chi connectivity index (χ4v) is 3.91. The number of aliphatic hydroxyl groups is 1. The maximum absolute atomic E-state index is 10.1. The third-order valence-corrected chi connectivity index (χ3v) is 5.50. The van der Waals surface area contributed by atoms with Crippen LogP contribution in [0, 0.1) is 6.92 Å². The minimum atomic E-state index is -3.08. The van der Waals surface area contributed by atoms with E-state index in [4.69, 9.17) is 25.4 Å². The molecule has 0 aliphatic rings. The Morgan fingerprint density at radius 2 is 1.91 bits per heavy atom. The van der Waals surface area contributed by atoms with Gasteiger partial charge in [0.15, 0.2) is 0 Å². The van der Waals surface area contributed by atoms with Crippen LogP contribution in [-0.4, -0.2) is 33.4 Å². The Morgan fingerprint density at radius 3 is 2.39 bits per heavy atom. The maximum Gasteiger partial charge on any atom is 0.382 e. The molecule has 1 rings (SSSR count). The van der Waals surface area contributed by atoms with Crippen molar-refractivity contribution in [3.8, 4) is 5.88 Å². The lowest BCUT2D eigenvalue weighted by atomic mass is 10.0. The summed E-state index contributed by atoms with van der Waals surface area (Å²) in [4.78, 5) is 8.75. The Balaban J connectivity index is 3.06. The molecule has 1 aromatic heterocycles. The molecule has 23 heavy (non-hydrogen) atoms. The van der Waals surface area contributed by atoms with Gasteiger partial charge in [0.1, 0.15) is 5.82 Å². The molecule has 1 N–H and O–H groups in total. The van der Waals surface area contributed by atoms with E-state index in [9.17, 15) is 5.11 Å². The fourth-order valence-electron chi connectivity index (χ4n) is 1.54. The van der Waals surface area contributed by atoms with Crippen LogP contribution in [0.4, 0.5) is 0 Å². The SMILES string of the molecule is CCOP(=S)(Oc1cc(C)nc(C(C)C)n1)OC(C)C(C)(C)O. The molecule has 0 saturated heterocycles. The van der Waals surface area contributed by atoms with E-state index in [0.29, 0.717) is 18.3 Å². The van der Waals surface area contributed by atoms with E-state index in [0.717, 1.165) is 5.69 Å². The average molecular weight is 362 g/mol. The van der Waals surface area contributed by atoms with Crippen LogP contribution in [0.25, 0.3) is 0 Å². The van der Waals surface area contributed by atoms with Gasteiger partial charge in [0.05, 0.1) is 18.3 Å². The lowest BCUT2D eigenvalue weighted by Gasteiger charge is -2.31. The van der Waals surface area contributed by atoms with Crippen LogP contribution < -0.4 is 4.52 Å². The predicted molar refractivity (Wildman–Crippen MR) is 94.2 cm³/mol. The van der Waals surface area contributed by atoms with Crippen molar-refractivity contribution in [2.45, 2.75) is 66.1 Å². The van der Waals surface area contributed by atoms with Gasteiger partial charge in [-0.1, -0.05) is 13.8 Å². The Kier molecular flexibility index (Phi) is 7.11. The van der Waals surface area contributed by atoms with E-state index in [1.165, 1.54) is 0 Å². The van der Waals surface area contributed by atoms with Gasteiger partial charge in [-0.25, -0.2) is 4.98 Å². The Labute approximate surface area is 143 Å². The van der Waals surface area contributed by atoms with Crippen LogP contribution >= 0.6 is 6.72 Å². The predicted octanol–water partition coefficient (Wildman–Crippen LogP) is 3.72. The first-order chi connectivity index (χ1) is 10.5. The Bertz CT molecular complexity index is 575. The van der Waals surface area contributed by atoms with Crippen LogP contribution in [0.15, 0.2) is 6.07 Å². The number of hydrogen-bond donors (Lipinski definition) is 1. The van der Waals surface area contributed by atoms with Crippen LogP contribution in [0.2, 0.25) is 0 Å². The van der Waals surface area contributed by atoms with Crippen LogP contribution in [0.3, 0.4) is 0 Å². The summed E-state index contributed by atoms with van der Waals surface area (Å²) in [6.07, 6.45) is -0.549. The van der Waals surface area contributed by atoms with Crippen molar-refractivity contribution in [1.29, 1.82) is 0 Å². The van der Waals surface area contributed by atoms with Crippen molar-refractivity contribution < 1.29 is 18.7 Å². The maximum atomic E-state index is 10.1. The smallest absolute Gasteiger partial charge is 0.382 e. The van der Waals surface area contributed by atoms with Gasteiger partial charge < -0.3 is 9.63 Å². The van der Waals surface area contributed by atoms with Crippen molar-refractivity contribution in [3.05, 3.63) is 17.6 Å². The number of hydrogen-bond acceptors (Lipinski definition) is 7. The van der Waals surface area contributed by atoms with E-state index in [1.807, 2.05) is 27.7 Å². The third kappa shape index (κ3) is 6.43. The standard InChI is InChI=1S/C15H27N2O4PS/c1-8-19-22(23,20-12(5)15(6,7)18)21-13-9-11(4)16-14(17-13)10(2)3/h9-10,12,18H,8H2,1-7H3. The van der Waals surface area contributed by atoms with Crippen molar-refractivity contribution in [3.63, 3.8) is 0 Å². The lowest BCUT2D eigenvalue weighted by Crippen LogP contribution is -2.35. The first-order valence-corrected chi connectivity index (χ1v) is 10.2. The summed E-state index contributed by atoms with van der Waals surface area (Å²) in [6.45, 7) is 9.98. The molecule has 132 valence electrons. The van der Waals surface area contributed by atoms with Crippen molar-refractivity contribution in [1.82, 2.24) is 9.97 Å². The molecule has 0 aromatic carbocycles. The quantitative estimate of drug-likeness (QED) is 0.706. The van der Waals surface area contributed by atoms with Gasteiger partial charge in [0.25, 0.3) is 0 Å². The van der Waals surface area contributed by atoms with Gasteiger partial charge in [0.2, 0.25) is 5.88 Å². The average Bonchev–Trinajstić information content (AvgIpc) is 2.36. The van der Waals surface area contributed by atoms with E-state index < -0.39 is 18.4 Å². The third-order valence-electron chi connectivity index (χ3n) is 3.14. The molecule has 0 aliphatic carbocycles. The highest BCUT2D eigenvalue weighted by Gasteiger charge is 2.33. The second-order valence-corrected chi connectivity index (χ2v) is 9.11. The molecule has 1 aromatic rings. The molecule has 0 radical (unpaired) electrons. The zero-order valence-corrected chi connectivity index (χ0v) is 16.6. The zero-order valence-electron chi connectivity index (χ0n) is 14.9. The molecule has 0 amide bonds. The summed E-state index contributed by atoms with van der Waals surface area (Å²) < 4.78 is 17.1. The molecule has 2 unspecified atom stereocenters. The first kappa shape index (κ1) is 20.5. The summed E-state index contributed by atoms with van der Waals surface area (Å²) in [5, 5.41) is 10.1. The van der Waals surface area contributed by atoms with Crippen molar-refractivity contribution >= 4 is 18.5 Å². The molecule has 0 aliphatic heterocycles. The number of nitrogens with zero attached hydrogens (tertiary/aromatic N) is 2.